The second-order valence-corrected chi connectivity index (χ2v) is 5.22. The second-order valence-electron chi connectivity index (χ2n) is 5.22. The first-order chi connectivity index (χ1) is 8.61. The molecule has 1 aliphatic rings. The molecule has 0 aliphatic carbocycles. The maximum Gasteiger partial charge on any atom is 0.237 e. The van der Waals surface area contributed by atoms with Crippen molar-refractivity contribution in [2.24, 2.45) is 11.7 Å². The maximum atomic E-state index is 11.6. The molecule has 3 N–H and O–H groups in total. The average molecular weight is 294 g/mol. The zero-order chi connectivity index (χ0) is 13.4. The first-order valence-corrected chi connectivity index (χ1v) is 6.94. The number of morpholine rings is 1. The van der Waals surface area contributed by atoms with Gasteiger partial charge in [-0.2, -0.15) is 0 Å². The Morgan fingerprint density at radius 2 is 1.95 bits per heavy atom. The highest BCUT2D eigenvalue weighted by Gasteiger charge is 2.16. The van der Waals surface area contributed by atoms with Crippen LogP contribution in [0.25, 0.3) is 0 Å². The SMILES string of the molecule is CC(C)[C@H](N)C(=O)NCCCCN1CCOCC1.Cl. The van der Waals surface area contributed by atoms with Crippen molar-refractivity contribution in [3.8, 4) is 0 Å². The van der Waals surface area contributed by atoms with Gasteiger partial charge in [-0.1, -0.05) is 13.8 Å². The zero-order valence-corrected chi connectivity index (χ0v) is 12.9. The Bertz CT molecular complexity index is 246. The van der Waals surface area contributed by atoms with Crippen molar-refractivity contribution >= 4 is 18.3 Å². The number of hydrogen-bond acceptors (Lipinski definition) is 4. The van der Waals surface area contributed by atoms with Crippen LogP contribution in [-0.2, 0) is 9.53 Å². The number of hydrogen-bond donors (Lipinski definition) is 2. The standard InChI is InChI=1S/C13H27N3O2.ClH/c1-11(2)12(14)13(17)15-5-3-4-6-16-7-9-18-10-8-16;/h11-12H,3-10,14H2,1-2H3,(H,15,17);1H/t12-;/m0./s1. The lowest BCUT2D eigenvalue weighted by Gasteiger charge is -2.26. The molecule has 0 aromatic heterocycles. The van der Waals surface area contributed by atoms with E-state index >= 15 is 0 Å². The molecule has 0 unspecified atom stereocenters. The minimum atomic E-state index is -0.385. The predicted molar refractivity (Wildman–Crippen MR) is 79.6 cm³/mol. The quantitative estimate of drug-likeness (QED) is 0.675. The summed E-state index contributed by atoms with van der Waals surface area (Å²) in [6, 6.07) is -0.385. The number of halogens is 1. The molecule has 1 fully saturated rings. The molecule has 1 heterocycles. The molecule has 114 valence electrons. The Balaban J connectivity index is 0.00000324. The van der Waals surface area contributed by atoms with Crippen molar-refractivity contribution in [1.29, 1.82) is 0 Å². The number of carbonyl (C=O) groups is 1. The lowest BCUT2D eigenvalue weighted by Crippen LogP contribution is -2.44. The van der Waals surface area contributed by atoms with Crippen LogP contribution in [0.1, 0.15) is 26.7 Å². The summed E-state index contributed by atoms with van der Waals surface area (Å²) in [6.45, 7) is 9.50. The van der Waals surface area contributed by atoms with E-state index in [-0.39, 0.29) is 30.3 Å². The number of rotatable bonds is 7. The van der Waals surface area contributed by atoms with Crippen LogP contribution in [0.3, 0.4) is 0 Å². The summed E-state index contributed by atoms with van der Waals surface area (Å²) in [5.41, 5.74) is 5.76. The Morgan fingerprint density at radius 1 is 1.32 bits per heavy atom. The average Bonchev–Trinajstić information content (AvgIpc) is 2.38. The third kappa shape index (κ3) is 7.72. The van der Waals surface area contributed by atoms with E-state index < -0.39 is 0 Å². The zero-order valence-electron chi connectivity index (χ0n) is 12.1. The van der Waals surface area contributed by atoms with Gasteiger partial charge in [-0.15, -0.1) is 12.4 Å². The molecule has 0 bridgehead atoms. The molecule has 1 amide bonds. The van der Waals surface area contributed by atoms with Gasteiger partial charge in [0.25, 0.3) is 0 Å². The van der Waals surface area contributed by atoms with E-state index in [0.717, 1.165) is 52.2 Å². The highest BCUT2D eigenvalue weighted by Crippen LogP contribution is 2.00. The van der Waals surface area contributed by atoms with Gasteiger partial charge in [0.2, 0.25) is 5.91 Å². The summed E-state index contributed by atoms with van der Waals surface area (Å²) in [5.74, 6) is 0.162. The Kier molecular flexibility index (Phi) is 10.2. The number of unbranched alkanes of at least 4 members (excludes halogenated alkanes) is 1. The summed E-state index contributed by atoms with van der Waals surface area (Å²) in [6.07, 6.45) is 2.12. The van der Waals surface area contributed by atoms with Crippen molar-refractivity contribution in [2.75, 3.05) is 39.4 Å². The molecule has 1 rings (SSSR count). The fraction of sp³-hybridized carbons (Fsp3) is 0.923. The van der Waals surface area contributed by atoms with Crippen LogP contribution < -0.4 is 11.1 Å². The third-order valence-corrected chi connectivity index (χ3v) is 3.33. The van der Waals surface area contributed by atoms with Crippen LogP contribution in [0.2, 0.25) is 0 Å². The second kappa shape index (κ2) is 10.4. The molecule has 6 heteroatoms. The van der Waals surface area contributed by atoms with Crippen LogP contribution in [0.5, 0.6) is 0 Å². The van der Waals surface area contributed by atoms with Crippen molar-refractivity contribution in [3.05, 3.63) is 0 Å². The van der Waals surface area contributed by atoms with Crippen molar-refractivity contribution in [3.63, 3.8) is 0 Å². The molecular weight excluding hydrogens is 266 g/mol. The third-order valence-electron chi connectivity index (χ3n) is 3.33. The van der Waals surface area contributed by atoms with Gasteiger partial charge in [-0.25, -0.2) is 0 Å². The summed E-state index contributed by atoms with van der Waals surface area (Å²) in [5, 5.41) is 2.89. The topological polar surface area (TPSA) is 67.6 Å². The summed E-state index contributed by atoms with van der Waals surface area (Å²) in [7, 11) is 0. The first kappa shape index (κ1) is 18.6. The first-order valence-electron chi connectivity index (χ1n) is 6.94. The van der Waals surface area contributed by atoms with E-state index in [4.69, 9.17) is 10.5 Å². The lowest BCUT2D eigenvalue weighted by atomic mass is 10.1. The predicted octanol–water partition coefficient (Wildman–Crippen LogP) is 0.620. The van der Waals surface area contributed by atoms with Gasteiger partial charge >= 0.3 is 0 Å². The van der Waals surface area contributed by atoms with Crippen LogP contribution >= 0.6 is 12.4 Å². The van der Waals surface area contributed by atoms with Gasteiger partial charge in [0.15, 0.2) is 0 Å². The molecule has 0 aromatic carbocycles. The number of nitrogens with one attached hydrogen (secondary N) is 1. The fourth-order valence-electron chi connectivity index (χ4n) is 1.92. The van der Waals surface area contributed by atoms with Gasteiger partial charge in [-0.05, 0) is 25.3 Å². The smallest absolute Gasteiger partial charge is 0.237 e. The Labute approximate surface area is 122 Å². The molecule has 0 saturated carbocycles. The van der Waals surface area contributed by atoms with Crippen LogP contribution in [-0.4, -0.2) is 56.2 Å². The molecule has 19 heavy (non-hydrogen) atoms. The van der Waals surface area contributed by atoms with Gasteiger partial charge < -0.3 is 15.8 Å². The minimum absolute atomic E-state index is 0. The van der Waals surface area contributed by atoms with Gasteiger partial charge in [0.1, 0.15) is 0 Å². The highest BCUT2D eigenvalue weighted by atomic mass is 35.5. The largest absolute Gasteiger partial charge is 0.379 e. The number of ether oxygens (including phenoxy) is 1. The molecular formula is C13H28ClN3O2. The molecule has 0 radical (unpaired) electrons. The molecule has 5 nitrogen and oxygen atoms in total. The van der Waals surface area contributed by atoms with Crippen LogP contribution in [0, 0.1) is 5.92 Å². The molecule has 0 aromatic rings. The van der Waals surface area contributed by atoms with Crippen molar-refractivity contribution < 1.29 is 9.53 Å². The maximum absolute atomic E-state index is 11.6. The number of carbonyl (C=O) groups excluding carboxylic acids is 1. The van der Waals surface area contributed by atoms with E-state index in [2.05, 4.69) is 10.2 Å². The van der Waals surface area contributed by atoms with Crippen molar-refractivity contribution in [2.45, 2.75) is 32.7 Å². The van der Waals surface area contributed by atoms with Crippen molar-refractivity contribution in [1.82, 2.24) is 10.2 Å². The van der Waals surface area contributed by atoms with Gasteiger partial charge in [0.05, 0.1) is 19.3 Å². The summed E-state index contributed by atoms with van der Waals surface area (Å²) in [4.78, 5) is 14.0. The molecule has 1 saturated heterocycles. The lowest BCUT2D eigenvalue weighted by molar-refractivity contribution is -0.123. The van der Waals surface area contributed by atoms with E-state index in [1.807, 2.05) is 13.8 Å². The minimum Gasteiger partial charge on any atom is -0.379 e. The van der Waals surface area contributed by atoms with Crippen LogP contribution in [0.15, 0.2) is 0 Å². The summed E-state index contributed by atoms with van der Waals surface area (Å²) < 4.78 is 5.29. The van der Waals surface area contributed by atoms with E-state index in [1.54, 1.807) is 0 Å². The molecule has 1 aliphatic heterocycles. The Morgan fingerprint density at radius 3 is 2.53 bits per heavy atom. The van der Waals surface area contributed by atoms with Crippen LogP contribution in [0.4, 0.5) is 0 Å². The molecule has 1 atom stereocenters. The number of nitrogens with zero attached hydrogens (tertiary/aromatic N) is 1. The highest BCUT2D eigenvalue weighted by molar-refractivity contribution is 5.85. The molecule has 0 spiro atoms. The number of amides is 1. The number of nitrogens with two attached hydrogens (primary N) is 1. The Hall–Kier alpha value is -0.360. The normalized spacial score (nSPS) is 17.9. The monoisotopic (exact) mass is 293 g/mol. The fourth-order valence-corrected chi connectivity index (χ4v) is 1.92. The summed E-state index contributed by atoms with van der Waals surface area (Å²) >= 11 is 0. The van der Waals surface area contributed by atoms with Gasteiger partial charge in [0, 0.05) is 19.6 Å². The van der Waals surface area contributed by atoms with E-state index in [1.165, 1.54) is 0 Å². The van der Waals surface area contributed by atoms with Gasteiger partial charge in [-0.3, -0.25) is 9.69 Å². The van der Waals surface area contributed by atoms with E-state index in [9.17, 15) is 4.79 Å². The van der Waals surface area contributed by atoms with E-state index in [0.29, 0.717) is 0 Å².